The molecule has 0 bridgehead atoms. The predicted molar refractivity (Wildman–Crippen MR) is 220 cm³/mol. The van der Waals surface area contributed by atoms with Crippen LogP contribution in [0.4, 0.5) is 0 Å². The molecule has 0 amide bonds. The van der Waals surface area contributed by atoms with E-state index >= 15 is 0 Å². The van der Waals surface area contributed by atoms with Crippen molar-refractivity contribution in [1.82, 2.24) is 0 Å². The molecule has 2 unspecified atom stereocenters. The number of hydrogen-bond acceptors (Lipinski definition) is 0. The molecule has 4 heteroatoms. The minimum atomic E-state index is -0.826. The number of rotatable bonds is 9. The molecule has 0 saturated carbocycles. The third-order valence-electron chi connectivity index (χ3n) is 9.42. The van der Waals surface area contributed by atoms with Crippen molar-refractivity contribution in [2.75, 3.05) is 0 Å². The van der Waals surface area contributed by atoms with Gasteiger partial charge in [0.1, 0.15) is 0 Å². The third-order valence-corrected chi connectivity index (χ3v) is 10.4. The molecule has 6 aromatic carbocycles. The second-order valence-electron chi connectivity index (χ2n) is 12.8. The Morgan fingerprint density at radius 1 is 0.612 bits per heavy atom. The number of hydrogen-bond donors (Lipinski definition) is 0. The molecule has 0 aliphatic heterocycles. The number of fused-ring (bicyclic) bond motifs is 2. The van der Waals surface area contributed by atoms with E-state index in [0.717, 1.165) is 6.42 Å². The van der Waals surface area contributed by atoms with E-state index in [2.05, 4.69) is 165 Å². The molecule has 49 heavy (non-hydrogen) atoms. The van der Waals surface area contributed by atoms with E-state index in [1.165, 1.54) is 101 Å². The van der Waals surface area contributed by atoms with Gasteiger partial charge in [0.05, 0.1) is 0 Å². The Morgan fingerprint density at radius 3 is 1.43 bits per heavy atom. The molecule has 256 valence electrons. The molecule has 0 aliphatic carbocycles. The Balaban J connectivity index is 0.000000219. The topological polar surface area (TPSA) is 0 Å². The van der Waals surface area contributed by atoms with Gasteiger partial charge in [-0.25, -0.2) is 0 Å². The van der Waals surface area contributed by atoms with Crippen LogP contribution in [0.2, 0.25) is 12.1 Å². The summed E-state index contributed by atoms with van der Waals surface area (Å²) in [7, 11) is 11.1. The quantitative estimate of drug-likeness (QED) is 0.101. The van der Waals surface area contributed by atoms with Crippen molar-refractivity contribution in [1.29, 1.82) is 0 Å². The molecule has 0 nitrogen and oxygen atoms in total. The summed E-state index contributed by atoms with van der Waals surface area (Å²) < 4.78 is 0. The van der Waals surface area contributed by atoms with E-state index in [9.17, 15) is 0 Å². The van der Waals surface area contributed by atoms with Crippen molar-refractivity contribution in [3.8, 4) is 22.3 Å². The van der Waals surface area contributed by atoms with Crippen molar-refractivity contribution in [2.24, 2.45) is 0 Å². The van der Waals surface area contributed by atoms with Crippen LogP contribution in [-0.4, -0.2) is 9.52 Å². The molecule has 0 N–H and O–H groups in total. The first-order valence-corrected chi connectivity index (χ1v) is 25.7. The van der Waals surface area contributed by atoms with Crippen LogP contribution < -0.4 is 0 Å². The molecular formula is C45H54Cl2SiZr. The Hall–Kier alpha value is -2.22. The zero-order valence-electron chi connectivity index (χ0n) is 30.8. The molecule has 0 fully saturated rings. The van der Waals surface area contributed by atoms with Crippen LogP contribution in [0, 0.1) is 6.92 Å². The predicted octanol–water partition coefficient (Wildman–Crippen LogP) is 15.3. The normalized spacial score (nSPS) is 11.7. The van der Waals surface area contributed by atoms with Gasteiger partial charge in [0.15, 0.2) is 0 Å². The van der Waals surface area contributed by atoms with Gasteiger partial charge < -0.3 is 0 Å². The van der Waals surface area contributed by atoms with Gasteiger partial charge >= 0.3 is 37.9 Å². The summed E-state index contributed by atoms with van der Waals surface area (Å²) in [5, 5.41) is 5.44. The van der Waals surface area contributed by atoms with Crippen LogP contribution in [0.1, 0.15) is 95.4 Å². The van der Waals surface area contributed by atoms with Crippen molar-refractivity contribution in [3.63, 3.8) is 0 Å². The summed E-state index contributed by atoms with van der Waals surface area (Å²) in [4.78, 5) is 0. The van der Waals surface area contributed by atoms with Crippen LogP contribution in [0.15, 0.2) is 109 Å². The fraction of sp³-hybridized carbons (Fsp3) is 0.333. The first-order valence-electron chi connectivity index (χ1n) is 18.0. The molecule has 6 rings (SSSR count). The van der Waals surface area contributed by atoms with Crippen LogP contribution in [0.5, 0.6) is 0 Å². The fourth-order valence-electron chi connectivity index (χ4n) is 6.09. The van der Waals surface area contributed by atoms with Crippen LogP contribution >= 0.6 is 17.0 Å². The van der Waals surface area contributed by atoms with Gasteiger partial charge in [-0.05, 0) is 53.4 Å². The van der Waals surface area contributed by atoms with E-state index in [1.54, 1.807) is 0 Å². The molecule has 0 saturated heterocycles. The van der Waals surface area contributed by atoms with Gasteiger partial charge in [0, 0.05) is 9.52 Å². The van der Waals surface area contributed by atoms with Gasteiger partial charge in [-0.3, -0.25) is 0 Å². The Kier molecular flexibility index (Phi) is 18.4. The molecular weight excluding hydrogens is 731 g/mol. The minimum absolute atomic E-state index is 0.639. The molecule has 0 spiro atoms. The standard InChI is InChI=1S/C21H23.C20H21.C4H10Si.2ClH.Zr/c1-4-15(3)17-9-11-18(12-10-17)20-8-6-7-19-13-16(5-2)14-21(19)20;1-4-15(3)16-8-10-17(11-9-16)19-7-5-6-18-12-14(2)13-20(18)19;1-3-5-4-2;;;/h6-15H,4-5H2,1-3H3;5-13,15H,4H2,1-3H3;3-4H2,1-2H3;2*1H;/q2*-1;;;;+4/p-2. The van der Waals surface area contributed by atoms with E-state index in [-0.39, 0.29) is 0 Å². The number of benzene rings is 4. The summed E-state index contributed by atoms with van der Waals surface area (Å²) in [6.07, 6.45) is 3.48. The summed E-state index contributed by atoms with van der Waals surface area (Å²) in [6, 6.07) is 43.3. The van der Waals surface area contributed by atoms with Gasteiger partial charge in [0.2, 0.25) is 0 Å². The van der Waals surface area contributed by atoms with Crippen LogP contribution in [0.3, 0.4) is 0 Å². The van der Waals surface area contributed by atoms with Crippen LogP contribution in [-0.2, 0) is 27.3 Å². The van der Waals surface area contributed by atoms with E-state index in [1.807, 2.05) is 0 Å². The Labute approximate surface area is 318 Å². The van der Waals surface area contributed by atoms with E-state index in [0.29, 0.717) is 11.8 Å². The molecule has 0 aromatic heterocycles. The van der Waals surface area contributed by atoms with Gasteiger partial charge in [0.25, 0.3) is 0 Å². The third kappa shape index (κ3) is 11.9. The zero-order valence-corrected chi connectivity index (χ0v) is 35.8. The van der Waals surface area contributed by atoms with Gasteiger partial charge in [-0.2, -0.15) is 12.1 Å². The molecule has 0 heterocycles. The average molecular weight is 785 g/mol. The first kappa shape index (κ1) is 41.2. The second-order valence-corrected chi connectivity index (χ2v) is 18.4. The van der Waals surface area contributed by atoms with Gasteiger partial charge in [-0.1, -0.05) is 139 Å². The summed E-state index contributed by atoms with van der Waals surface area (Å²) in [5.74, 6) is 1.28. The average Bonchev–Trinajstić information content (AvgIpc) is 3.75. The van der Waals surface area contributed by atoms with Crippen molar-refractivity contribution in [2.45, 2.75) is 98.6 Å². The number of halogens is 2. The summed E-state index contributed by atoms with van der Waals surface area (Å²) in [6.45, 7) is 17.9. The monoisotopic (exact) mass is 782 g/mol. The second kappa shape index (κ2) is 21.9. The van der Waals surface area contributed by atoms with E-state index < -0.39 is 20.8 Å². The maximum atomic E-state index is 4.93. The summed E-state index contributed by atoms with van der Waals surface area (Å²) in [5.41, 5.74) is 11.0. The Morgan fingerprint density at radius 2 is 1.04 bits per heavy atom. The van der Waals surface area contributed by atoms with E-state index in [4.69, 9.17) is 17.0 Å². The molecule has 2 radical (unpaired) electrons. The first-order chi connectivity index (χ1) is 23.7. The fourth-order valence-corrected chi connectivity index (χ4v) is 6.59. The number of aryl methyl sites for hydroxylation is 2. The van der Waals surface area contributed by atoms with Gasteiger partial charge in [-0.15, -0.1) is 69.1 Å². The van der Waals surface area contributed by atoms with Crippen molar-refractivity contribution < 1.29 is 20.8 Å². The SMILES string of the molecule is CCC(C)c1ccc(-c2cccc3[cH-]c(C)cc23)cc1.CC[Si]CC.CCc1cc2c(-c3ccc(C(C)CC)cc3)cccc2[cH-]1.[Cl][Zr+2][Cl]. The summed E-state index contributed by atoms with van der Waals surface area (Å²) >= 11 is -0.826. The van der Waals surface area contributed by atoms with Crippen molar-refractivity contribution in [3.05, 3.63) is 131 Å². The maximum absolute atomic E-state index is 4.93. The molecule has 2 atom stereocenters. The van der Waals surface area contributed by atoms with Crippen molar-refractivity contribution >= 4 is 48.1 Å². The Bertz CT molecular complexity index is 1790. The van der Waals surface area contributed by atoms with Crippen LogP contribution in [0.25, 0.3) is 43.8 Å². The zero-order chi connectivity index (χ0) is 35.8. The molecule has 0 aliphatic rings. The molecule has 6 aromatic rings.